The summed E-state index contributed by atoms with van der Waals surface area (Å²) in [4.78, 5) is 27.7. The average molecular weight is 466 g/mol. The summed E-state index contributed by atoms with van der Waals surface area (Å²) in [5.74, 6) is -0.743. The molecule has 10 heteroatoms. The minimum Gasteiger partial charge on any atom is -0.478 e. The highest BCUT2D eigenvalue weighted by Gasteiger charge is 2.18. The quantitative estimate of drug-likeness (QED) is 0.389. The first kappa shape index (κ1) is 21.5. The fraction of sp³-hybridized carbons (Fsp3) is 0.0455. The van der Waals surface area contributed by atoms with Crippen LogP contribution in [0.1, 0.15) is 10.4 Å². The molecular weight excluding hydrogens is 450 g/mol. The summed E-state index contributed by atoms with van der Waals surface area (Å²) >= 11 is 7.19. The van der Waals surface area contributed by atoms with Crippen LogP contribution in [0.25, 0.3) is 17.1 Å². The molecule has 0 spiro atoms. The fourth-order valence-electron chi connectivity index (χ4n) is 2.95. The predicted molar refractivity (Wildman–Crippen MR) is 122 cm³/mol. The van der Waals surface area contributed by atoms with Gasteiger partial charge in [0.1, 0.15) is 0 Å². The molecule has 2 heterocycles. The second kappa shape index (κ2) is 9.63. The number of carboxylic acids is 1. The summed E-state index contributed by atoms with van der Waals surface area (Å²) in [6, 6.07) is 17.5. The molecule has 0 saturated carbocycles. The zero-order valence-electron chi connectivity index (χ0n) is 16.5. The summed E-state index contributed by atoms with van der Waals surface area (Å²) in [7, 11) is 0. The summed E-state index contributed by atoms with van der Waals surface area (Å²) in [5, 5.41) is 21.0. The number of hydrogen-bond acceptors (Lipinski definition) is 6. The number of aromatic nitrogens is 4. The molecule has 0 saturated heterocycles. The molecule has 32 heavy (non-hydrogen) atoms. The van der Waals surface area contributed by atoms with Gasteiger partial charge in [-0.25, -0.2) is 4.79 Å². The lowest BCUT2D eigenvalue weighted by molar-refractivity contribution is -0.113. The zero-order valence-corrected chi connectivity index (χ0v) is 18.0. The molecule has 8 nitrogen and oxygen atoms in total. The Morgan fingerprint density at radius 1 is 1.06 bits per heavy atom. The molecule has 2 aromatic carbocycles. The molecule has 2 N–H and O–H groups in total. The van der Waals surface area contributed by atoms with Gasteiger partial charge in [0.05, 0.1) is 16.3 Å². The maximum absolute atomic E-state index is 12.5. The second-order valence-corrected chi connectivity index (χ2v) is 7.91. The van der Waals surface area contributed by atoms with Crippen molar-refractivity contribution in [3.05, 3.63) is 83.6 Å². The number of amides is 1. The van der Waals surface area contributed by atoms with Crippen LogP contribution in [0, 0.1) is 0 Å². The highest BCUT2D eigenvalue weighted by molar-refractivity contribution is 7.99. The van der Waals surface area contributed by atoms with Crippen LogP contribution in [0.15, 0.2) is 78.2 Å². The number of rotatable bonds is 7. The molecule has 0 aliphatic carbocycles. The number of pyridine rings is 1. The summed E-state index contributed by atoms with van der Waals surface area (Å²) < 4.78 is 1.87. The van der Waals surface area contributed by atoms with E-state index >= 15 is 0 Å². The molecule has 0 fully saturated rings. The number of hydrogen-bond donors (Lipinski definition) is 2. The number of nitrogens with one attached hydrogen (secondary N) is 1. The number of nitrogens with zero attached hydrogens (tertiary/aromatic N) is 4. The van der Waals surface area contributed by atoms with E-state index in [0.29, 0.717) is 16.7 Å². The Bertz CT molecular complexity index is 1270. The Kier molecular flexibility index (Phi) is 6.48. The Balaban J connectivity index is 1.53. The monoisotopic (exact) mass is 465 g/mol. The molecule has 0 radical (unpaired) electrons. The van der Waals surface area contributed by atoms with Crippen molar-refractivity contribution in [3.63, 3.8) is 0 Å². The van der Waals surface area contributed by atoms with Crippen molar-refractivity contribution in [3.8, 4) is 17.1 Å². The zero-order chi connectivity index (χ0) is 22.5. The first-order valence-electron chi connectivity index (χ1n) is 9.39. The van der Waals surface area contributed by atoms with E-state index in [1.807, 2.05) is 47.0 Å². The van der Waals surface area contributed by atoms with Gasteiger partial charge in [0.25, 0.3) is 0 Å². The van der Waals surface area contributed by atoms with E-state index in [0.717, 1.165) is 11.3 Å². The molecule has 4 aromatic rings. The number of para-hydroxylation sites is 1. The Morgan fingerprint density at radius 2 is 1.88 bits per heavy atom. The van der Waals surface area contributed by atoms with Crippen LogP contribution < -0.4 is 5.32 Å². The van der Waals surface area contributed by atoms with Gasteiger partial charge in [-0.15, -0.1) is 10.2 Å². The Hall–Kier alpha value is -3.69. The largest absolute Gasteiger partial charge is 0.478 e. The number of carbonyl (C=O) groups excluding carboxylic acids is 1. The molecule has 0 aliphatic rings. The number of thioether (sulfide) groups is 1. The van der Waals surface area contributed by atoms with Gasteiger partial charge < -0.3 is 10.4 Å². The van der Waals surface area contributed by atoms with Gasteiger partial charge >= 0.3 is 5.97 Å². The topological polar surface area (TPSA) is 110 Å². The molecule has 0 bridgehead atoms. The lowest BCUT2D eigenvalue weighted by Gasteiger charge is -2.10. The van der Waals surface area contributed by atoms with Crippen molar-refractivity contribution < 1.29 is 14.7 Å². The number of carboxylic acid groups (broad SMARTS) is 1. The number of aromatic carboxylic acids is 1. The van der Waals surface area contributed by atoms with Crippen molar-refractivity contribution >= 4 is 40.9 Å². The van der Waals surface area contributed by atoms with Crippen LogP contribution in [-0.4, -0.2) is 42.5 Å². The first-order valence-corrected chi connectivity index (χ1v) is 10.8. The van der Waals surface area contributed by atoms with Crippen LogP contribution in [0.2, 0.25) is 5.02 Å². The van der Waals surface area contributed by atoms with Gasteiger partial charge in [0.15, 0.2) is 11.0 Å². The van der Waals surface area contributed by atoms with Gasteiger partial charge in [-0.3, -0.25) is 14.3 Å². The number of halogens is 1. The maximum Gasteiger partial charge on any atom is 0.337 e. The molecule has 0 aliphatic heterocycles. The smallest absolute Gasteiger partial charge is 0.337 e. The molecule has 2 aromatic heterocycles. The molecule has 4 rings (SSSR count). The molecule has 160 valence electrons. The highest BCUT2D eigenvalue weighted by Crippen LogP contribution is 2.28. The van der Waals surface area contributed by atoms with Crippen LogP contribution in [0.4, 0.5) is 5.69 Å². The minimum absolute atomic E-state index is 0.0297. The molecule has 0 atom stereocenters. The SMILES string of the molecule is O=C(CSc1nnc(-c2cccnc2)n1-c1ccccc1)Nc1ccc(C(=O)O)c(Cl)c1. The van der Waals surface area contributed by atoms with Crippen molar-refractivity contribution in [2.45, 2.75) is 5.16 Å². The Labute approximate surface area is 192 Å². The van der Waals surface area contributed by atoms with Crippen LogP contribution in [-0.2, 0) is 4.79 Å². The maximum atomic E-state index is 12.5. The van der Waals surface area contributed by atoms with E-state index in [1.54, 1.807) is 12.4 Å². The molecule has 0 unspecified atom stereocenters. The van der Waals surface area contributed by atoms with Crippen molar-refractivity contribution in [2.24, 2.45) is 0 Å². The molecule has 1 amide bonds. The van der Waals surface area contributed by atoms with Gasteiger partial charge in [-0.2, -0.15) is 0 Å². The van der Waals surface area contributed by atoms with E-state index in [-0.39, 0.29) is 22.2 Å². The van der Waals surface area contributed by atoms with Crippen molar-refractivity contribution in [1.29, 1.82) is 0 Å². The summed E-state index contributed by atoms with van der Waals surface area (Å²) in [5.41, 5.74) is 2.03. The average Bonchev–Trinajstić information content (AvgIpc) is 3.23. The van der Waals surface area contributed by atoms with Gasteiger partial charge in [-0.05, 0) is 42.5 Å². The van der Waals surface area contributed by atoms with E-state index in [2.05, 4.69) is 20.5 Å². The number of anilines is 1. The standard InChI is InChI=1S/C22H16ClN5O3S/c23-18-11-15(8-9-17(18)21(30)31)25-19(29)13-32-22-27-26-20(14-5-4-10-24-12-14)28(22)16-6-2-1-3-7-16/h1-12H,13H2,(H,25,29)(H,30,31). The van der Waals surface area contributed by atoms with Crippen LogP contribution in [0.5, 0.6) is 0 Å². The van der Waals surface area contributed by atoms with E-state index in [4.69, 9.17) is 16.7 Å². The van der Waals surface area contributed by atoms with Crippen molar-refractivity contribution in [1.82, 2.24) is 19.7 Å². The third-order valence-electron chi connectivity index (χ3n) is 4.38. The summed E-state index contributed by atoms with van der Waals surface area (Å²) in [6.45, 7) is 0. The van der Waals surface area contributed by atoms with Gasteiger partial charge in [0.2, 0.25) is 5.91 Å². The molecular formula is C22H16ClN5O3S. The van der Waals surface area contributed by atoms with E-state index in [9.17, 15) is 9.59 Å². The minimum atomic E-state index is -1.13. The number of carbonyl (C=O) groups is 2. The lowest BCUT2D eigenvalue weighted by Crippen LogP contribution is -2.15. The summed E-state index contributed by atoms with van der Waals surface area (Å²) in [6.07, 6.45) is 3.39. The van der Waals surface area contributed by atoms with Crippen molar-refractivity contribution in [2.75, 3.05) is 11.1 Å². The third kappa shape index (κ3) is 4.79. The number of benzene rings is 2. The van der Waals surface area contributed by atoms with Gasteiger partial charge in [0, 0.05) is 29.3 Å². The van der Waals surface area contributed by atoms with Gasteiger partial charge in [-0.1, -0.05) is 41.6 Å². The second-order valence-electron chi connectivity index (χ2n) is 6.56. The first-order chi connectivity index (χ1) is 15.5. The Morgan fingerprint density at radius 3 is 2.56 bits per heavy atom. The van der Waals surface area contributed by atoms with Crippen LogP contribution >= 0.6 is 23.4 Å². The normalized spacial score (nSPS) is 10.7. The third-order valence-corrected chi connectivity index (χ3v) is 5.62. The predicted octanol–water partition coefficient (Wildman–Crippen LogP) is 4.41. The fourth-order valence-corrected chi connectivity index (χ4v) is 3.96. The lowest BCUT2D eigenvalue weighted by atomic mass is 10.2. The highest BCUT2D eigenvalue weighted by atomic mass is 35.5. The van der Waals surface area contributed by atoms with E-state index in [1.165, 1.54) is 30.0 Å². The van der Waals surface area contributed by atoms with E-state index < -0.39 is 5.97 Å². The van der Waals surface area contributed by atoms with Crippen LogP contribution in [0.3, 0.4) is 0 Å².